The van der Waals surface area contributed by atoms with Crippen LogP contribution in [0.5, 0.6) is 11.6 Å². The van der Waals surface area contributed by atoms with E-state index in [1.54, 1.807) is 6.07 Å². The van der Waals surface area contributed by atoms with E-state index in [1.807, 2.05) is 0 Å². The van der Waals surface area contributed by atoms with Crippen LogP contribution in [0.2, 0.25) is 0 Å². The number of hydrogen-bond acceptors (Lipinski definition) is 4. The molecule has 0 radical (unpaired) electrons. The normalized spacial score (nSPS) is 10.3. The summed E-state index contributed by atoms with van der Waals surface area (Å²) in [5, 5.41) is 10.8. The Morgan fingerprint density at radius 2 is 2.11 bits per heavy atom. The molecule has 2 aromatic rings. The number of hydrogen-bond donors (Lipinski definition) is 0. The summed E-state index contributed by atoms with van der Waals surface area (Å²) in [4.78, 5) is 14.0. The topological polar surface area (TPSA) is 65.3 Å². The van der Waals surface area contributed by atoms with Crippen molar-refractivity contribution in [1.29, 1.82) is 0 Å². The SMILES string of the molecule is O=[N+]([O-])c1cccc(F)c1Oc1ncc(Br)cc1Br. The van der Waals surface area contributed by atoms with E-state index in [1.165, 1.54) is 12.3 Å². The number of pyridine rings is 1. The molecule has 0 saturated heterocycles. The van der Waals surface area contributed by atoms with Crippen LogP contribution in [-0.4, -0.2) is 9.91 Å². The summed E-state index contributed by atoms with van der Waals surface area (Å²) >= 11 is 6.38. The summed E-state index contributed by atoms with van der Waals surface area (Å²) in [6.07, 6.45) is 1.44. The van der Waals surface area contributed by atoms with Crippen LogP contribution in [0.25, 0.3) is 0 Å². The summed E-state index contributed by atoms with van der Waals surface area (Å²) in [6.45, 7) is 0. The minimum Gasteiger partial charge on any atom is -0.427 e. The quantitative estimate of drug-likeness (QED) is 0.572. The molecule has 5 nitrogen and oxygen atoms in total. The lowest BCUT2D eigenvalue weighted by Crippen LogP contribution is -1.97. The predicted octanol–water partition coefficient (Wildman–Crippen LogP) is 4.45. The van der Waals surface area contributed by atoms with E-state index >= 15 is 0 Å². The van der Waals surface area contributed by atoms with Gasteiger partial charge in [0.25, 0.3) is 0 Å². The third-order valence-corrected chi connectivity index (χ3v) is 3.12. The molecule has 0 aliphatic rings. The number of para-hydroxylation sites is 1. The highest BCUT2D eigenvalue weighted by Crippen LogP contribution is 2.36. The first kappa shape index (κ1) is 13.9. The minimum absolute atomic E-state index is 0.0383. The number of ether oxygens (including phenoxy) is 1. The summed E-state index contributed by atoms with van der Waals surface area (Å²) < 4.78 is 20.0. The molecule has 1 aromatic carbocycles. The van der Waals surface area contributed by atoms with Gasteiger partial charge >= 0.3 is 5.69 Å². The van der Waals surface area contributed by atoms with E-state index in [-0.39, 0.29) is 5.88 Å². The highest BCUT2D eigenvalue weighted by molar-refractivity contribution is 9.11. The van der Waals surface area contributed by atoms with Crippen molar-refractivity contribution >= 4 is 37.5 Å². The first-order valence-corrected chi connectivity index (χ1v) is 6.49. The number of nitro benzene ring substituents is 1. The third kappa shape index (κ3) is 3.07. The lowest BCUT2D eigenvalue weighted by atomic mass is 10.3. The van der Waals surface area contributed by atoms with Crippen LogP contribution in [0.15, 0.2) is 39.4 Å². The molecule has 1 aromatic heterocycles. The van der Waals surface area contributed by atoms with Gasteiger partial charge in [-0.2, -0.15) is 0 Å². The number of nitro groups is 1. The predicted molar refractivity (Wildman–Crippen MR) is 72.8 cm³/mol. The second kappa shape index (κ2) is 5.62. The van der Waals surface area contributed by atoms with Crippen LogP contribution in [0, 0.1) is 15.9 Å². The van der Waals surface area contributed by atoms with Crippen LogP contribution in [0.4, 0.5) is 10.1 Å². The lowest BCUT2D eigenvalue weighted by Gasteiger charge is -2.07. The fraction of sp³-hybridized carbons (Fsp3) is 0. The Kier molecular flexibility index (Phi) is 4.11. The smallest absolute Gasteiger partial charge is 0.314 e. The van der Waals surface area contributed by atoms with E-state index in [0.717, 1.165) is 12.1 Å². The van der Waals surface area contributed by atoms with Crippen molar-refractivity contribution in [2.45, 2.75) is 0 Å². The molecule has 0 N–H and O–H groups in total. The van der Waals surface area contributed by atoms with Crippen molar-refractivity contribution in [2.24, 2.45) is 0 Å². The first-order valence-electron chi connectivity index (χ1n) is 4.91. The van der Waals surface area contributed by atoms with Crippen molar-refractivity contribution in [3.63, 3.8) is 0 Å². The summed E-state index contributed by atoms with van der Waals surface area (Å²) in [6, 6.07) is 5.11. The van der Waals surface area contributed by atoms with Crippen LogP contribution in [-0.2, 0) is 0 Å². The van der Waals surface area contributed by atoms with Gasteiger partial charge in [-0.15, -0.1) is 0 Å². The number of rotatable bonds is 3. The number of halogens is 3. The van der Waals surface area contributed by atoms with Crippen LogP contribution >= 0.6 is 31.9 Å². The highest BCUT2D eigenvalue weighted by Gasteiger charge is 2.21. The molecular weight excluding hydrogens is 387 g/mol. The second-order valence-electron chi connectivity index (χ2n) is 3.39. The van der Waals surface area contributed by atoms with Crippen LogP contribution in [0.3, 0.4) is 0 Å². The van der Waals surface area contributed by atoms with Crippen molar-refractivity contribution in [1.82, 2.24) is 4.98 Å². The minimum atomic E-state index is -0.828. The maximum Gasteiger partial charge on any atom is 0.314 e. The average Bonchev–Trinajstić information content (AvgIpc) is 2.34. The van der Waals surface area contributed by atoms with Gasteiger partial charge in [-0.1, -0.05) is 6.07 Å². The number of aromatic nitrogens is 1. The Morgan fingerprint density at radius 1 is 1.37 bits per heavy atom. The van der Waals surface area contributed by atoms with Crippen LogP contribution in [0.1, 0.15) is 0 Å². The van der Waals surface area contributed by atoms with Crippen molar-refractivity contribution in [3.8, 4) is 11.6 Å². The molecule has 2 rings (SSSR count). The molecule has 8 heteroatoms. The van der Waals surface area contributed by atoms with Crippen molar-refractivity contribution < 1.29 is 14.1 Å². The van der Waals surface area contributed by atoms with E-state index in [4.69, 9.17) is 4.74 Å². The van der Waals surface area contributed by atoms with Gasteiger partial charge < -0.3 is 4.74 Å². The molecule has 0 bridgehead atoms. The molecule has 0 saturated carbocycles. The van der Waals surface area contributed by atoms with Gasteiger partial charge in [0.15, 0.2) is 5.82 Å². The Bertz CT molecular complexity index is 652. The molecule has 0 aliphatic heterocycles. The molecular formula is C11H5Br2FN2O3. The largest absolute Gasteiger partial charge is 0.427 e. The van der Waals surface area contributed by atoms with Gasteiger partial charge in [0.05, 0.1) is 9.40 Å². The van der Waals surface area contributed by atoms with E-state index in [0.29, 0.717) is 8.95 Å². The number of nitrogens with zero attached hydrogens (tertiary/aromatic N) is 2. The van der Waals surface area contributed by atoms with E-state index in [2.05, 4.69) is 36.8 Å². The molecule has 1 heterocycles. The molecule has 0 amide bonds. The van der Waals surface area contributed by atoms with Crippen molar-refractivity contribution in [3.05, 3.63) is 55.3 Å². The van der Waals surface area contributed by atoms with Gasteiger partial charge in [-0.05, 0) is 44.0 Å². The highest BCUT2D eigenvalue weighted by atomic mass is 79.9. The molecule has 0 aliphatic carbocycles. The van der Waals surface area contributed by atoms with Crippen molar-refractivity contribution in [2.75, 3.05) is 0 Å². The zero-order valence-electron chi connectivity index (χ0n) is 9.14. The fourth-order valence-electron chi connectivity index (χ4n) is 1.32. The summed E-state index contributed by atoms with van der Waals surface area (Å²) in [5.41, 5.74) is -0.461. The van der Waals surface area contributed by atoms with Gasteiger partial charge in [0.1, 0.15) is 0 Å². The summed E-state index contributed by atoms with van der Waals surface area (Å²) in [5.74, 6) is -1.26. The molecule has 0 fully saturated rings. The zero-order chi connectivity index (χ0) is 14.0. The molecule has 19 heavy (non-hydrogen) atoms. The average molecular weight is 392 g/mol. The maximum absolute atomic E-state index is 13.6. The Labute approximate surface area is 123 Å². The standard InChI is InChI=1S/C11H5Br2FN2O3/c12-6-4-7(13)11(15-5-6)19-10-8(14)2-1-3-9(10)16(17)18/h1-5H. The monoisotopic (exact) mass is 390 g/mol. The molecule has 0 unspecified atom stereocenters. The van der Waals surface area contributed by atoms with E-state index < -0.39 is 22.2 Å². The third-order valence-electron chi connectivity index (χ3n) is 2.12. The van der Waals surface area contributed by atoms with E-state index in [9.17, 15) is 14.5 Å². The van der Waals surface area contributed by atoms with Gasteiger partial charge in [0, 0.05) is 16.7 Å². The molecule has 0 atom stereocenters. The summed E-state index contributed by atoms with van der Waals surface area (Å²) in [7, 11) is 0. The fourth-order valence-corrected chi connectivity index (χ4v) is 2.38. The Hall–Kier alpha value is -1.54. The van der Waals surface area contributed by atoms with Gasteiger partial charge in [-0.25, -0.2) is 9.37 Å². The zero-order valence-corrected chi connectivity index (χ0v) is 12.3. The number of benzene rings is 1. The maximum atomic E-state index is 13.6. The van der Waals surface area contributed by atoms with Gasteiger partial charge in [0.2, 0.25) is 11.6 Å². The lowest BCUT2D eigenvalue weighted by molar-refractivity contribution is -0.385. The van der Waals surface area contributed by atoms with Gasteiger partial charge in [-0.3, -0.25) is 10.1 Å². The Balaban J connectivity index is 2.46. The first-order chi connectivity index (χ1) is 8.99. The molecule has 98 valence electrons. The molecule has 0 spiro atoms. The second-order valence-corrected chi connectivity index (χ2v) is 5.16. The van der Waals surface area contributed by atoms with Crippen LogP contribution < -0.4 is 4.74 Å². The Morgan fingerprint density at radius 3 is 2.74 bits per heavy atom.